The Morgan fingerprint density at radius 1 is 1.56 bits per heavy atom. The minimum atomic E-state index is -0.802. The van der Waals surface area contributed by atoms with Gasteiger partial charge in [0.2, 0.25) is 0 Å². The Labute approximate surface area is 93.6 Å². The highest BCUT2D eigenvalue weighted by Gasteiger charge is 2.01. The summed E-state index contributed by atoms with van der Waals surface area (Å²) in [6.45, 7) is 2.92. The zero-order chi connectivity index (χ0) is 12.0. The molecule has 0 aromatic heterocycles. The fraction of sp³-hybridized carbons (Fsp3) is 0.364. The van der Waals surface area contributed by atoms with Crippen molar-refractivity contribution in [2.75, 3.05) is 13.2 Å². The SMILES string of the molecule is Cc1ccc(F)c(CNCCOC(N)=O)c1. The summed E-state index contributed by atoms with van der Waals surface area (Å²) in [6, 6.07) is 4.93. The van der Waals surface area contributed by atoms with Crippen LogP contribution in [0.1, 0.15) is 11.1 Å². The second-order valence-corrected chi connectivity index (χ2v) is 3.44. The van der Waals surface area contributed by atoms with Crippen molar-refractivity contribution in [2.45, 2.75) is 13.5 Å². The maximum absolute atomic E-state index is 13.3. The van der Waals surface area contributed by atoms with E-state index in [1.807, 2.05) is 6.92 Å². The molecule has 0 radical (unpaired) electrons. The van der Waals surface area contributed by atoms with Crippen molar-refractivity contribution >= 4 is 6.09 Å². The molecular formula is C11H15FN2O2. The smallest absolute Gasteiger partial charge is 0.404 e. The number of benzene rings is 1. The lowest BCUT2D eigenvalue weighted by atomic mass is 10.1. The van der Waals surface area contributed by atoms with Crippen LogP contribution in [0.25, 0.3) is 0 Å². The third kappa shape index (κ3) is 4.27. The molecule has 1 aromatic rings. The van der Waals surface area contributed by atoms with Gasteiger partial charge in [0.05, 0.1) is 0 Å². The van der Waals surface area contributed by atoms with Crippen LogP contribution in [-0.4, -0.2) is 19.2 Å². The van der Waals surface area contributed by atoms with Crippen LogP contribution in [-0.2, 0) is 11.3 Å². The van der Waals surface area contributed by atoms with E-state index < -0.39 is 6.09 Å². The lowest BCUT2D eigenvalue weighted by Gasteiger charge is -2.06. The van der Waals surface area contributed by atoms with Gasteiger partial charge in [0.25, 0.3) is 0 Å². The molecule has 3 N–H and O–H groups in total. The van der Waals surface area contributed by atoms with Gasteiger partial charge in [-0.15, -0.1) is 0 Å². The Morgan fingerprint density at radius 2 is 2.31 bits per heavy atom. The van der Waals surface area contributed by atoms with Crippen LogP contribution in [0, 0.1) is 12.7 Å². The first kappa shape index (κ1) is 12.4. The van der Waals surface area contributed by atoms with E-state index in [1.165, 1.54) is 6.07 Å². The molecule has 1 aromatic carbocycles. The van der Waals surface area contributed by atoms with Crippen molar-refractivity contribution < 1.29 is 13.9 Å². The second-order valence-electron chi connectivity index (χ2n) is 3.44. The summed E-state index contributed by atoms with van der Waals surface area (Å²) >= 11 is 0. The molecule has 88 valence electrons. The van der Waals surface area contributed by atoms with Crippen LogP contribution < -0.4 is 11.1 Å². The quantitative estimate of drug-likeness (QED) is 0.744. The van der Waals surface area contributed by atoms with E-state index in [2.05, 4.69) is 10.1 Å². The third-order valence-corrected chi connectivity index (χ3v) is 2.04. The molecule has 0 saturated heterocycles. The molecule has 1 rings (SSSR count). The highest BCUT2D eigenvalue weighted by molar-refractivity contribution is 5.64. The molecule has 0 atom stereocenters. The Kier molecular flexibility index (Phi) is 4.72. The fourth-order valence-corrected chi connectivity index (χ4v) is 1.29. The average molecular weight is 226 g/mol. The van der Waals surface area contributed by atoms with Gasteiger partial charge in [-0.3, -0.25) is 0 Å². The summed E-state index contributed by atoms with van der Waals surface area (Å²) in [7, 11) is 0. The van der Waals surface area contributed by atoms with E-state index >= 15 is 0 Å². The predicted octanol–water partition coefficient (Wildman–Crippen LogP) is 1.32. The average Bonchev–Trinajstić information content (AvgIpc) is 2.22. The van der Waals surface area contributed by atoms with E-state index in [0.29, 0.717) is 18.7 Å². The fourth-order valence-electron chi connectivity index (χ4n) is 1.29. The van der Waals surface area contributed by atoms with Gasteiger partial charge in [-0.25, -0.2) is 9.18 Å². The molecule has 0 bridgehead atoms. The maximum Gasteiger partial charge on any atom is 0.404 e. The van der Waals surface area contributed by atoms with Crippen molar-refractivity contribution in [1.29, 1.82) is 0 Å². The van der Waals surface area contributed by atoms with Gasteiger partial charge in [0, 0.05) is 18.7 Å². The van der Waals surface area contributed by atoms with Crippen molar-refractivity contribution in [1.82, 2.24) is 5.32 Å². The minimum Gasteiger partial charge on any atom is -0.448 e. The Balaban J connectivity index is 2.31. The van der Waals surface area contributed by atoms with E-state index in [1.54, 1.807) is 12.1 Å². The lowest BCUT2D eigenvalue weighted by molar-refractivity contribution is 0.157. The van der Waals surface area contributed by atoms with E-state index in [9.17, 15) is 9.18 Å². The van der Waals surface area contributed by atoms with Gasteiger partial charge >= 0.3 is 6.09 Å². The van der Waals surface area contributed by atoms with E-state index in [-0.39, 0.29) is 12.4 Å². The minimum absolute atomic E-state index is 0.183. The number of aryl methyl sites for hydroxylation is 1. The number of primary amides is 1. The summed E-state index contributed by atoms with van der Waals surface area (Å²) in [5.41, 5.74) is 6.38. The summed E-state index contributed by atoms with van der Waals surface area (Å²) in [5.74, 6) is -0.242. The normalized spacial score (nSPS) is 10.1. The monoisotopic (exact) mass is 226 g/mol. The molecule has 0 aliphatic heterocycles. The number of ether oxygens (including phenoxy) is 1. The van der Waals surface area contributed by atoms with E-state index in [4.69, 9.17) is 5.73 Å². The number of hydrogen-bond acceptors (Lipinski definition) is 3. The molecule has 0 heterocycles. The van der Waals surface area contributed by atoms with Crippen molar-refractivity contribution in [3.8, 4) is 0 Å². The van der Waals surface area contributed by atoms with Gasteiger partial charge in [0.15, 0.2) is 0 Å². The van der Waals surface area contributed by atoms with Crippen molar-refractivity contribution in [2.24, 2.45) is 5.73 Å². The summed E-state index contributed by atoms with van der Waals surface area (Å²) in [5, 5.41) is 2.95. The second kappa shape index (κ2) is 6.07. The number of hydrogen-bond donors (Lipinski definition) is 2. The molecule has 4 nitrogen and oxygen atoms in total. The largest absolute Gasteiger partial charge is 0.448 e. The number of nitrogens with one attached hydrogen (secondary N) is 1. The molecular weight excluding hydrogens is 211 g/mol. The number of carbonyl (C=O) groups excluding carboxylic acids is 1. The van der Waals surface area contributed by atoms with Crippen molar-refractivity contribution in [3.05, 3.63) is 35.1 Å². The topological polar surface area (TPSA) is 64.3 Å². The van der Waals surface area contributed by atoms with Crippen LogP contribution in [0.5, 0.6) is 0 Å². The third-order valence-electron chi connectivity index (χ3n) is 2.04. The molecule has 1 amide bonds. The molecule has 0 spiro atoms. The van der Waals surface area contributed by atoms with Crippen LogP contribution in [0.15, 0.2) is 18.2 Å². The highest BCUT2D eigenvalue weighted by atomic mass is 19.1. The van der Waals surface area contributed by atoms with Gasteiger partial charge < -0.3 is 15.8 Å². The highest BCUT2D eigenvalue weighted by Crippen LogP contribution is 2.09. The predicted molar refractivity (Wildman–Crippen MR) is 58.4 cm³/mol. The molecule has 0 saturated carbocycles. The zero-order valence-corrected chi connectivity index (χ0v) is 9.13. The number of rotatable bonds is 5. The first-order valence-corrected chi connectivity index (χ1v) is 4.97. The van der Waals surface area contributed by atoms with E-state index in [0.717, 1.165) is 5.56 Å². The van der Waals surface area contributed by atoms with Gasteiger partial charge in [-0.05, 0) is 13.0 Å². The molecule has 5 heteroatoms. The summed E-state index contributed by atoms with van der Waals surface area (Å²) in [6.07, 6.45) is -0.802. The molecule has 16 heavy (non-hydrogen) atoms. The number of carbonyl (C=O) groups is 1. The molecule has 0 aliphatic carbocycles. The number of nitrogens with two attached hydrogens (primary N) is 1. The van der Waals surface area contributed by atoms with Gasteiger partial charge in [0.1, 0.15) is 12.4 Å². The lowest BCUT2D eigenvalue weighted by Crippen LogP contribution is -2.23. The van der Waals surface area contributed by atoms with Crippen molar-refractivity contribution in [3.63, 3.8) is 0 Å². The summed E-state index contributed by atoms with van der Waals surface area (Å²) in [4.78, 5) is 10.2. The van der Waals surface area contributed by atoms with Gasteiger partial charge in [-0.2, -0.15) is 0 Å². The first-order chi connectivity index (χ1) is 7.59. The van der Waals surface area contributed by atoms with Gasteiger partial charge in [-0.1, -0.05) is 17.7 Å². The number of amides is 1. The standard InChI is InChI=1S/C11H15FN2O2/c1-8-2-3-10(12)9(6-8)7-14-4-5-16-11(13)15/h2-3,6,14H,4-5,7H2,1H3,(H2,13,15). The molecule has 0 fully saturated rings. The Hall–Kier alpha value is -1.62. The first-order valence-electron chi connectivity index (χ1n) is 4.97. The van der Waals surface area contributed by atoms with Crippen LogP contribution >= 0.6 is 0 Å². The molecule has 0 unspecified atom stereocenters. The van der Waals surface area contributed by atoms with Crippen LogP contribution in [0.3, 0.4) is 0 Å². The van der Waals surface area contributed by atoms with Crippen LogP contribution in [0.4, 0.5) is 9.18 Å². The van der Waals surface area contributed by atoms with Crippen LogP contribution in [0.2, 0.25) is 0 Å². The Bertz CT molecular complexity index is 369. The maximum atomic E-state index is 13.3. The zero-order valence-electron chi connectivity index (χ0n) is 9.13. The molecule has 0 aliphatic rings. The summed E-state index contributed by atoms with van der Waals surface area (Å²) < 4.78 is 17.8. The Morgan fingerprint density at radius 3 is 3.00 bits per heavy atom. The number of halogens is 1.